The Morgan fingerprint density at radius 3 is 2.21 bits per heavy atom. The number of para-hydroxylation sites is 2. The number of H-pyrrole nitrogens is 1. The molecule has 0 unspecified atom stereocenters. The van der Waals surface area contributed by atoms with Gasteiger partial charge in [0.15, 0.2) is 11.4 Å². The molecule has 4 rings (SSSR count). The van der Waals surface area contributed by atoms with Crippen molar-refractivity contribution >= 4 is 17.5 Å². The van der Waals surface area contributed by atoms with Gasteiger partial charge in [-0.15, -0.1) is 0 Å². The number of nitrogens with one attached hydrogen (secondary N) is 1. The third-order valence-electron chi connectivity index (χ3n) is 5.42. The van der Waals surface area contributed by atoms with Crippen molar-refractivity contribution in [1.82, 2.24) is 0 Å². The van der Waals surface area contributed by atoms with Gasteiger partial charge in [-0.1, -0.05) is 62.4 Å². The molecule has 1 aliphatic heterocycles. The van der Waals surface area contributed by atoms with E-state index in [4.69, 9.17) is 0 Å². The summed E-state index contributed by atoms with van der Waals surface area (Å²) < 4.78 is 0. The first-order valence-corrected chi connectivity index (χ1v) is 9.81. The molecule has 0 saturated heterocycles. The van der Waals surface area contributed by atoms with E-state index in [1.165, 1.54) is 39.6 Å². The second-order valence-electron chi connectivity index (χ2n) is 8.00. The van der Waals surface area contributed by atoms with E-state index in [2.05, 4.69) is 123 Å². The Balaban J connectivity index is 1.79. The molecule has 140 valence electrons. The van der Waals surface area contributed by atoms with Crippen LogP contribution in [0.5, 0.6) is 0 Å². The highest BCUT2D eigenvalue weighted by molar-refractivity contribution is 5.80. The summed E-state index contributed by atoms with van der Waals surface area (Å²) in [5.41, 5.74) is 8.60. The quantitative estimate of drug-likeness (QED) is 0.543. The maximum atomic E-state index is 3.34. The molecule has 0 spiro atoms. The van der Waals surface area contributed by atoms with Gasteiger partial charge in [-0.25, -0.2) is 4.98 Å². The van der Waals surface area contributed by atoms with E-state index in [1.807, 2.05) is 0 Å². The third-order valence-corrected chi connectivity index (χ3v) is 5.42. The smallest absolute Gasteiger partial charge is 0.177 e. The second-order valence-corrected chi connectivity index (χ2v) is 8.00. The lowest BCUT2D eigenvalue weighted by Crippen LogP contribution is -2.22. The van der Waals surface area contributed by atoms with Crippen molar-refractivity contribution in [2.45, 2.75) is 33.1 Å². The van der Waals surface area contributed by atoms with Crippen LogP contribution in [0.4, 0.5) is 11.4 Å². The number of allylic oxidation sites excluding steroid dienone is 3. The van der Waals surface area contributed by atoms with Crippen LogP contribution >= 0.6 is 0 Å². The molecule has 0 atom stereocenters. The summed E-state index contributed by atoms with van der Waals surface area (Å²) in [6.45, 7) is 8.80. The van der Waals surface area contributed by atoms with E-state index in [9.17, 15) is 0 Å². The van der Waals surface area contributed by atoms with E-state index in [0.717, 1.165) is 0 Å². The summed E-state index contributed by atoms with van der Waals surface area (Å²) in [7, 11) is 0. The van der Waals surface area contributed by atoms with Gasteiger partial charge < -0.3 is 4.90 Å². The molecule has 0 radical (unpaired) electrons. The van der Waals surface area contributed by atoms with Gasteiger partial charge in [-0.2, -0.15) is 0 Å². The molecule has 2 aromatic carbocycles. The SMILES string of the molecule is Cc1cc(C=CC=C2N(c3ccccc3)c3ccccc3C2(C)C)cc(C)[nH+]1. The molecule has 0 saturated carbocycles. The van der Waals surface area contributed by atoms with Gasteiger partial charge in [0.1, 0.15) is 0 Å². The van der Waals surface area contributed by atoms with Gasteiger partial charge in [0.25, 0.3) is 0 Å². The van der Waals surface area contributed by atoms with Crippen molar-refractivity contribution in [3.63, 3.8) is 0 Å². The van der Waals surface area contributed by atoms with Crippen molar-refractivity contribution in [1.29, 1.82) is 0 Å². The van der Waals surface area contributed by atoms with Gasteiger partial charge in [0.2, 0.25) is 0 Å². The van der Waals surface area contributed by atoms with Crippen LogP contribution in [-0.2, 0) is 5.41 Å². The lowest BCUT2D eigenvalue weighted by atomic mass is 9.83. The number of hydrogen-bond donors (Lipinski definition) is 0. The summed E-state index contributed by atoms with van der Waals surface area (Å²) in [6, 6.07) is 23.7. The number of benzene rings is 2. The number of rotatable bonds is 3. The molecule has 28 heavy (non-hydrogen) atoms. The van der Waals surface area contributed by atoms with Crippen molar-refractivity contribution in [2.24, 2.45) is 0 Å². The predicted molar refractivity (Wildman–Crippen MR) is 118 cm³/mol. The molecule has 0 aliphatic carbocycles. The maximum absolute atomic E-state index is 3.34. The first-order valence-electron chi connectivity index (χ1n) is 9.81. The van der Waals surface area contributed by atoms with E-state index in [1.54, 1.807) is 0 Å². The molecule has 1 N–H and O–H groups in total. The second kappa shape index (κ2) is 7.12. The first kappa shape index (κ1) is 18.2. The minimum atomic E-state index is -0.0624. The van der Waals surface area contributed by atoms with Crippen LogP contribution in [0.15, 0.2) is 84.6 Å². The Labute approximate surface area is 167 Å². The molecule has 2 heteroatoms. The number of fused-ring (bicyclic) bond motifs is 1. The van der Waals surface area contributed by atoms with Crippen LogP contribution < -0.4 is 9.88 Å². The highest BCUT2D eigenvalue weighted by Gasteiger charge is 2.40. The van der Waals surface area contributed by atoms with Crippen LogP contribution in [0, 0.1) is 13.8 Å². The van der Waals surface area contributed by atoms with Crippen molar-refractivity contribution in [3.8, 4) is 0 Å². The molecule has 3 aromatic rings. The molecular weight excluding hydrogens is 340 g/mol. The number of hydrogen-bond acceptors (Lipinski definition) is 1. The number of nitrogens with zero attached hydrogens (tertiary/aromatic N) is 1. The standard InChI is InChI=1S/C26H26N2/c1-19-17-21(18-20(2)27-19)11-10-16-25-26(3,4)23-14-8-9-15-24(23)28(25)22-12-6-5-7-13-22/h5-18H,1-4H3/p+1. The monoisotopic (exact) mass is 367 g/mol. The van der Waals surface area contributed by atoms with Gasteiger partial charge >= 0.3 is 0 Å². The zero-order valence-corrected chi connectivity index (χ0v) is 17.0. The topological polar surface area (TPSA) is 17.4 Å². The Bertz CT molecular complexity index is 1040. The largest absolute Gasteiger partial charge is 0.313 e. The number of aromatic amines is 1. The average Bonchev–Trinajstić information content (AvgIpc) is 2.89. The van der Waals surface area contributed by atoms with Crippen LogP contribution in [0.1, 0.15) is 36.4 Å². The third kappa shape index (κ3) is 3.27. The van der Waals surface area contributed by atoms with Gasteiger partial charge in [-0.3, -0.25) is 0 Å². The minimum Gasteiger partial charge on any atom is -0.313 e. The van der Waals surface area contributed by atoms with Gasteiger partial charge in [0.05, 0.1) is 0 Å². The van der Waals surface area contributed by atoms with Crippen LogP contribution in [0.3, 0.4) is 0 Å². The van der Waals surface area contributed by atoms with Crippen molar-refractivity contribution in [3.05, 3.63) is 107 Å². The highest BCUT2D eigenvalue weighted by atomic mass is 15.2. The fraction of sp³-hybridized carbons (Fsp3) is 0.192. The van der Waals surface area contributed by atoms with Crippen LogP contribution in [0.2, 0.25) is 0 Å². The molecule has 0 bridgehead atoms. The zero-order valence-electron chi connectivity index (χ0n) is 17.0. The fourth-order valence-corrected chi connectivity index (χ4v) is 4.15. The molecule has 1 aromatic heterocycles. The lowest BCUT2D eigenvalue weighted by molar-refractivity contribution is -0.396. The van der Waals surface area contributed by atoms with E-state index < -0.39 is 0 Å². The Morgan fingerprint density at radius 1 is 0.857 bits per heavy atom. The predicted octanol–water partition coefficient (Wildman–Crippen LogP) is 6.14. The van der Waals surface area contributed by atoms with Gasteiger partial charge in [0, 0.05) is 48.5 Å². The number of pyridine rings is 1. The summed E-state index contributed by atoms with van der Waals surface area (Å²) in [5.74, 6) is 0. The fourth-order valence-electron chi connectivity index (χ4n) is 4.15. The Morgan fingerprint density at radius 2 is 1.50 bits per heavy atom. The van der Waals surface area contributed by atoms with E-state index in [0.29, 0.717) is 0 Å². The average molecular weight is 368 g/mol. The lowest BCUT2D eigenvalue weighted by Gasteiger charge is -2.27. The van der Waals surface area contributed by atoms with Crippen LogP contribution in [0.25, 0.3) is 6.08 Å². The number of aromatic nitrogens is 1. The van der Waals surface area contributed by atoms with Crippen molar-refractivity contribution in [2.75, 3.05) is 4.90 Å². The Hall–Kier alpha value is -3.13. The molecule has 0 amide bonds. The summed E-state index contributed by atoms with van der Waals surface area (Å²) in [5, 5.41) is 0. The highest BCUT2D eigenvalue weighted by Crippen LogP contribution is 2.50. The van der Waals surface area contributed by atoms with E-state index >= 15 is 0 Å². The molecule has 2 heterocycles. The van der Waals surface area contributed by atoms with Crippen molar-refractivity contribution < 1.29 is 4.98 Å². The maximum Gasteiger partial charge on any atom is 0.177 e. The summed E-state index contributed by atoms with van der Waals surface area (Å²) in [6.07, 6.45) is 6.62. The van der Waals surface area contributed by atoms with Gasteiger partial charge in [-0.05, 0) is 35.4 Å². The summed E-state index contributed by atoms with van der Waals surface area (Å²) >= 11 is 0. The first-order chi connectivity index (χ1) is 13.5. The summed E-state index contributed by atoms with van der Waals surface area (Å²) in [4.78, 5) is 5.72. The Kier molecular flexibility index (Phi) is 4.64. The van der Waals surface area contributed by atoms with Crippen LogP contribution in [-0.4, -0.2) is 0 Å². The molecule has 1 aliphatic rings. The number of anilines is 2. The number of aryl methyl sites for hydroxylation is 2. The molecule has 2 nitrogen and oxygen atoms in total. The van der Waals surface area contributed by atoms with E-state index in [-0.39, 0.29) is 5.41 Å². The normalized spacial score (nSPS) is 16.7. The molecular formula is C26H27N2+. The minimum absolute atomic E-state index is 0.0624. The zero-order chi connectivity index (χ0) is 19.7. The molecule has 0 fully saturated rings.